The Morgan fingerprint density at radius 3 is 2.38 bits per heavy atom. The molecule has 3 rings (SSSR count). The Hall–Kier alpha value is -2.46. The molecule has 0 bridgehead atoms. The number of anilines is 2. The van der Waals surface area contributed by atoms with Crippen LogP contribution >= 0.6 is 11.3 Å². The SMILES string of the molecule is CCC(=O)N(c1ccc(CC(C)C)cc1)c1nc(-c2ccccc2)cs1. The average Bonchev–Trinajstić information content (AvgIpc) is 3.13. The zero-order valence-corrected chi connectivity index (χ0v) is 16.3. The van der Waals surface area contributed by atoms with Crippen molar-refractivity contribution in [1.29, 1.82) is 0 Å². The molecule has 0 fully saturated rings. The van der Waals surface area contributed by atoms with E-state index in [-0.39, 0.29) is 5.91 Å². The fourth-order valence-electron chi connectivity index (χ4n) is 2.88. The summed E-state index contributed by atoms with van der Waals surface area (Å²) in [5, 5.41) is 2.72. The molecule has 0 aliphatic carbocycles. The summed E-state index contributed by atoms with van der Waals surface area (Å²) in [6.45, 7) is 6.30. The van der Waals surface area contributed by atoms with E-state index in [0.717, 1.165) is 23.4 Å². The fourth-order valence-corrected chi connectivity index (χ4v) is 3.75. The van der Waals surface area contributed by atoms with Gasteiger partial charge in [0.05, 0.1) is 11.4 Å². The molecule has 0 unspecified atom stereocenters. The van der Waals surface area contributed by atoms with Gasteiger partial charge in [-0.15, -0.1) is 11.3 Å². The van der Waals surface area contributed by atoms with Gasteiger partial charge in [0.25, 0.3) is 0 Å². The molecule has 4 heteroatoms. The lowest BCUT2D eigenvalue weighted by atomic mass is 10.0. The second-order valence-electron chi connectivity index (χ2n) is 6.73. The molecule has 3 nitrogen and oxygen atoms in total. The maximum absolute atomic E-state index is 12.6. The second-order valence-corrected chi connectivity index (χ2v) is 7.57. The standard InChI is InChI=1S/C22H24N2OS/c1-4-21(25)24(19-12-10-17(11-13-19)14-16(2)3)22-23-20(15-26-22)18-8-6-5-7-9-18/h5-13,15-16H,4,14H2,1-3H3. The molecule has 0 spiro atoms. The molecule has 3 aromatic rings. The third-order valence-corrected chi connectivity index (χ3v) is 4.97. The van der Waals surface area contributed by atoms with E-state index >= 15 is 0 Å². The van der Waals surface area contributed by atoms with Crippen LogP contribution in [0.15, 0.2) is 60.0 Å². The van der Waals surface area contributed by atoms with Crippen LogP contribution in [0.1, 0.15) is 32.8 Å². The van der Waals surface area contributed by atoms with Crippen molar-refractivity contribution < 1.29 is 4.79 Å². The van der Waals surface area contributed by atoms with Crippen molar-refractivity contribution in [3.8, 4) is 11.3 Å². The summed E-state index contributed by atoms with van der Waals surface area (Å²) in [5.41, 5.74) is 4.12. The third kappa shape index (κ3) is 4.20. The van der Waals surface area contributed by atoms with Crippen molar-refractivity contribution >= 4 is 28.1 Å². The Labute approximate surface area is 159 Å². The van der Waals surface area contributed by atoms with Crippen LogP contribution in [0.4, 0.5) is 10.8 Å². The number of carbonyl (C=O) groups excluding carboxylic acids is 1. The summed E-state index contributed by atoms with van der Waals surface area (Å²) < 4.78 is 0. The average molecular weight is 365 g/mol. The first kappa shape index (κ1) is 18.3. The van der Waals surface area contributed by atoms with E-state index in [1.165, 1.54) is 16.9 Å². The van der Waals surface area contributed by atoms with Crippen LogP contribution in [-0.4, -0.2) is 10.9 Å². The monoisotopic (exact) mass is 364 g/mol. The molecule has 0 saturated carbocycles. The fraction of sp³-hybridized carbons (Fsp3) is 0.273. The Morgan fingerprint density at radius 1 is 1.08 bits per heavy atom. The Bertz CT molecular complexity index is 853. The highest BCUT2D eigenvalue weighted by Gasteiger charge is 2.20. The largest absolute Gasteiger partial charge is 0.274 e. The van der Waals surface area contributed by atoms with Crippen molar-refractivity contribution in [3.63, 3.8) is 0 Å². The first-order chi connectivity index (χ1) is 12.6. The molecule has 2 aromatic carbocycles. The van der Waals surface area contributed by atoms with E-state index in [2.05, 4.69) is 26.0 Å². The van der Waals surface area contributed by atoms with Crippen LogP contribution in [0, 0.1) is 5.92 Å². The number of nitrogens with zero attached hydrogens (tertiary/aromatic N) is 2. The molecular weight excluding hydrogens is 340 g/mol. The van der Waals surface area contributed by atoms with E-state index in [1.54, 1.807) is 4.90 Å². The summed E-state index contributed by atoms with van der Waals surface area (Å²) in [6.07, 6.45) is 1.48. The lowest BCUT2D eigenvalue weighted by molar-refractivity contribution is -0.117. The van der Waals surface area contributed by atoms with Gasteiger partial charge in [-0.3, -0.25) is 9.69 Å². The third-order valence-electron chi connectivity index (χ3n) is 4.14. The van der Waals surface area contributed by atoms with E-state index in [9.17, 15) is 4.79 Å². The highest BCUT2D eigenvalue weighted by molar-refractivity contribution is 7.14. The van der Waals surface area contributed by atoms with Crippen LogP contribution in [0.2, 0.25) is 0 Å². The molecule has 0 aliphatic rings. The van der Waals surface area contributed by atoms with Crippen molar-refractivity contribution in [1.82, 2.24) is 4.98 Å². The van der Waals surface area contributed by atoms with Crippen molar-refractivity contribution in [2.75, 3.05) is 4.90 Å². The van der Waals surface area contributed by atoms with Crippen LogP contribution in [0.25, 0.3) is 11.3 Å². The molecule has 0 saturated heterocycles. The molecule has 0 atom stereocenters. The topological polar surface area (TPSA) is 33.2 Å². The smallest absolute Gasteiger partial charge is 0.233 e. The lowest BCUT2D eigenvalue weighted by Gasteiger charge is -2.20. The van der Waals surface area contributed by atoms with E-state index in [4.69, 9.17) is 4.98 Å². The molecule has 26 heavy (non-hydrogen) atoms. The Kier molecular flexibility index (Phi) is 5.84. The summed E-state index contributed by atoms with van der Waals surface area (Å²) in [6, 6.07) is 18.3. The van der Waals surface area contributed by atoms with Gasteiger partial charge in [-0.1, -0.05) is 63.2 Å². The van der Waals surface area contributed by atoms with Crippen molar-refractivity contribution in [3.05, 3.63) is 65.5 Å². The number of aromatic nitrogens is 1. The van der Waals surface area contributed by atoms with Crippen molar-refractivity contribution in [2.45, 2.75) is 33.6 Å². The highest BCUT2D eigenvalue weighted by atomic mass is 32.1. The lowest BCUT2D eigenvalue weighted by Crippen LogP contribution is -2.24. The highest BCUT2D eigenvalue weighted by Crippen LogP contribution is 2.33. The maximum atomic E-state index is 12.6. The summed E-state index contributed by atoms with van der Waals surface area (Å²) >= 11 is 1.50. The summed E-state index contributed by atoms with van der Waals surface area (Å²) in [4.78, 5) is 19.1. The van der Waals surface area contributed by atoms with Gasteiger partial charge in [0.1, 0.15) is 0 Å². The summed E-state index contributed by atoms with van der Waals surface area (Å²) in [7, 11) is 0. The second kappa shape index (κ2) is 8.28. The minimum Gasteiger partial charge on any atom is -0.274 e. The van der Waals surface area contributed by atoms with E-state index in [1.807, 2.05) is 54.8 Å². The predicted molar refractivity (Wildman–Crippen MR) is 110 cm³/mol. The molecule has 134 valence electrons. The van der Waals surface area contributed by atoms with Gasteiger partial charge in [-0.05, 0) is 30.0 Å². The van der Waals surface area contributed by atoms with Crippen molar-refractivity contribution in [2.24, 2.45) is 5.92 Å². The first-order valence-electron chi connectivity index (χ1n) is 9.01. The number of hydrogen-bond acceptors (Lipinski definition) is 3. The quantitative estimate of drug-likeness (QED) is 0.531. The number of rotatable bonds is 6. The molecule has 0 aliphatic heterocycles. The van der Waals surface area contributed by atoms with Gasteiger partial charge in [0, 0.05) is 17.4 Å². The first-order valence-corrected chi connectivity index (χ1v) is 9.89. The van der Waals surface area contributed by atoms with Gasteiger partial charge in [-0.2, -0.15) is 0 Å². The Balaban J connectivity index is 1.92. The van der Waals surface area contributed by atoms with Crippen LogP contribution in [-0.2, 0) is 11.2 Å². The van der Waals surface area contributed by atoms with Crippen LogP contribution < -0.4 is 4.90 Å². The Morgan fingerprint density at radius 2 is 1.77 bits per heavy atom. The van der Waals surface area contributed by atoms with Crippen LogP contribution in [0.5, 0.6) is 0 Å². The number of hydrogen-bond donors (Lipinski definition) is 0. The number of thiazole rings is 1. The van der Waals surface area contributed by atoms with Gasteiger partial charge in [0.15, 0.2) is 5.13 Å². The molecule has 1 amide bonds. The predicted octanol–water partition coefficient (Wildman–Crippen LogP) is 6.08. The van der Waals surface area contributed by atoms with E-state index in [0.29, 0.717) is 17.5 Å². The summed E-state index contributed by atoms with van der Waals surface area (Å²) in [5.74, 6) is 0.664. The van der Waals surface area contributed by atoms with Gasteiger partial charge >= 0.3 is 0 Å². The number of benzene rings is 2. The zero-order chi connectivity index (χ0) is 18.5. The van der Waals surface area contributed by atoms with Gasteiger partial charge in [-0.25, -0.2) is 4.98 Å². The molecule has 0 N–H and O–H groups in total. The van der Waals surface area contributed by atoms with E-state index < -0.39 is 0 Å². The minimum absolute atomic E-state index is 0.0515. The minimum atomic E-state index is 0.0515. The number of carbonyl (C=O) groups is 1. The normalized spacial score (nSPS) is 10.9. The van der Waals surface area contributed by atoms with Gasteiger partial charge in [0.2, 0.25) is 5.91 Å². The van der Waals surface area contributed by atoms with Gasteiger partial charge < -0.3 is 0 Å². The zero-order valence-electron chi connectivity index (χ0n) is 15.5. The molecule has 0 radical (unpaired) electrons. The maximum Gasteiger partial charge on any atom is 0.233 e. The number of amides is 1. The molecular formula is C22H24N2OS. The van der Waals surface area contributed by atoms with Crippen LogP contribution in [0.3, 0.4) is 0 Å². The molecule has 1 aromatic heterocycles. The molecule has 1 heterocycles.